The largest absolute Gasteiger partial charge is 0.393 e. The number of nitrogens with one attached hydrogen (secondary N) is 1. The average molecular weight is 311 g/mol. The Morgan fingerprint density at radius 1 is 1.19 bits per heavy atom. The van der Waals surface area contributed by atoms with E-state index in [2.05, 4.69) is 5.32 Å². The van der Waals surface area contributed by atoms with Crippen molar-refractivity contribution in [2.45, 2.75) is 49.5 Å². The smallest absolute Gasteiger partial charge is 0.175 e. The highest BCUT2D eigenvalue weighted by Gasteiger charge is 2.22. The van der Waals surface area contributed by atoms with Crippen molar-refractivity contribution in [3.63, 3.8) is 0 Å². The van der Waals surface area contributed by atoms with Crippen LogP contribution in [0.25, 0.3) is 0 Å². The molecule has 2 atom stereocenters. The third-order valence-electron chi connectivity index (χ3n) is 4.23. The summed E-state index contributed by atoms with van der Waals surface area (Å²) in [6.45, 7) is 0.849. The second-order valence-corrected chi connectivity index (χ2v) is 7.99. The second-order valence-electron chi connectivity index (χ2n) is 5.98. The summed E-state index contributed by atoms with van der Waals surface area (Å²) in [5.41, 5.74) is 0.937. The first-order chi connectivity index (χ1) is 9.97. The van der Waals surface area contributed by atoms with E-state index >= 15 is 0 Å². The van der Waals surface area contributed by atoms with Crippen molar-refractivity contribution in [3.05, 3.63) is 24.3 Å². The summed E-state index contributed by atoms with van der Waals surface area (Å²) >= 11 is 0. The maximum Gasteiger partial charge on any atom is 0.175 e. The minimum atomic E-state index is -3.12. The number of hydrogen-bond acceptors (Lipinski definition) is 4. The zero-order valence-electron chi connectivity index (χ0n) is 12.6. The second kappa shape index (κ2) is 7.27. The first kappa shape index (κ1) is 16.3. The van der Waals surface area contributed by atoms with Crippen molar-refractivity contribution in [1.29, 1.82) is 0 Å². The number of hydrogen-bond donors (Lipinski definition) is 2. The lowest BCUT2D eigenvalue weighted by molar-refractivity contribution is 0.0648. The molecule has 0 spiro atoms. The number of sulfone groups is 1. The Morgan fingerprint density at radius 3 is 2.48 bits per heavy atom. The Balaban J connectivity index is 1.73. The highest BCUT2D eigenvalue weighted by Crippen LogP contribution is 2.27. The molecule has 118 valence electrons. The van der Waals surface area contributed by atoms with Gasteiger partial charge in [0.05, 0.1) is 11.0 Å². The van der Waals surface area contributed by atoms with Crippen LogP contribution in [0.15, 0.2) is 29.2 Å². The Labute approximate surface area is 127 Å². The first-order valence-corrected chi connectivity index (χ1v) is 9.58. The summed E-state index contributed by atoms with van der Waals surface area (Å²) in [6, 6.07) is 6.85. The summed E-state index contributed by atoms with van der Waals surface area (Å²) in [6.07, 6.45) is 7.66. The lowest BCUT2D eigenvalue weighted by Crippen LogP contribution is -2.24. The molecule has 0 saturated heterocycles. The van der Waals surface area contributed by atoms with Gasteiger partial charge in [-0.25, -0.2) is 8.42 Å². The van der Waals surface area contributed by atoms with Crippen LogP contribution in [-0.4, -0.2) is 32.4 Å². The molecule has 0 heterocycles. The van der Waals surface area contributed by atoms with Crippen LogP contribution >= 0.6 is 0 Å². The van der Waals surface area contributed by atoms with Gasteiger partial charge in [-0.15, -0.1) is 0 Å². The van der Waals surface area contributed by atoms with E-state index in [-0.39, 0.29) is 6.10 Å². The van der Waals surface area contributed by atoms with E-state index in [9.17, 15) is 13.5 Å². The molecule has 0 aromatic heterocycles. The molecule has 1 fully saturated rings. The van der Waals surface area contributed by atoms with Crippen molar-refractivity contribution < 1.29 is 13.5 Å². The molecular formula is C16H25NO3S. The standard InChI is InChI=1S/C16H25NO3S/c1-21(19,20)15-10-8-14(9-11-15)17-12-4-6-13-5-2-3-7-16(13)18/h8-11,13,16-18H,2-7,12H2,1H3/t13-,16-/m0/s1. The fourth-order valence-electron chi connectivity index (χ4n) is 2.94. The van der Waals surface area contributed by atoms with Gasteiger partial charge >= 0.3 is 0 Å². The summed E-state index contributed by atoms with van der Waals surface area (Å²) in [5.74, 6) is 0.452. The number of aliphatic hydroxyl groups excluding tert-OH is 1. The van der Waals surface area contributed by atoms with Crippen LogP contribution in [0.4, 0.5) is 5.69 Å². The Bertz CT molecular complexity index is 539. The summed E-state index contributed by atoms with van der Waals surface area (Å²) in [7, 11) is -3.12. The minimum absolute atomic E-state index is 0.118. The van der Waals surface area contributed by atoms with Crippen LogP contribution in [0.2, 0.25) is 0 Å². The Hall–Kier alpha value is -1.07. The van der Waals surface area contributed by atoms with Crippen LogP contribution < -0.4 is 5.32 Å². The van der Waals surface area contributed by atoms with Gasteiger partial charge in [-0.2, -0.15) is 0 Å². The summed E-state index contributed by atoms with van der Waals surface area (Å²) in [5, 5.41) is 13.2. The normalized spacial score (nSPS) is 23.0. The molecule has 2 N–H and O–H groups in total. The molecule has 1 aromatic rings. The molecular weight excluding hydrogens is 286 g/mol. The fraction of sp³-hybridized carbons (Fsp3) is 0.625. The van der Waals surface area contributed by atoms with Crippen LogP contribution in [0, 0.1) is 5.92 Å². The van der Waals surface area contributed by atoms with Crippen molar-refractivity contribution in [2.24, 2.45) is 5.92 Å². The molecule has 0 amide bonds. The monoisotopic (exact) mass is 311 g/mol. The van der Waals surface area contributed by atoms with Gasteiger partial charge in [0.25, 0.3) is 0 Å². The molecule has 21 heavy (non-hydrogen) atoms. The zero-order valence-corrected chi connectivity index (χ0v) is 13.4. The van der Waals surface area contributed by atoms with Crippen LogP contribution in [0.5, 0.6) is 0 Å². The van der Waals surface area contributed by atoms with E-state index in [0.29, 0.717) is 10.8 Å². The topological polar surface area (TPSA) is 66.4 Å². The predicted molar refractivity (Wildman–Crippen MR) is 85.2 cm³/mol. The van der Waals surface area contributed by atoms with Crippen LogP contribution in [0.3, 0.4) is 0 Å². The Morgan fingerprint density at radius 2 is 1.86 bits per heavy atom. The molecule has 1 aromatic carbocycles. The number of rotatable bonds is 6. The number of benzene rings is 1. The molecule has 4 nitrogen and oxygen atoms in total. The van der Waals surface area contributed by atoms with E-state index < -0.39 is 9.84 Å². The van der Waals surface area contributed by atoms with Crippen molar-refractivity contribution in [1.82, 2.24) is 0 Å². The maximum atomic E-state index is 11.4. The predicted octanol–water partition coefficient (Wildman–Crippen LogP) is 2.83. The molecule has 0 unspecified atom stereocenters. The first-order valence-electron chi connectivity index (χ1n) is 7.69. The lowest BCUT2D eigenvalue weighted by Gasteiger charge is -2.27. The fourth-order valence-corrected chi connectivity index (χ4v) is 3.57. The number of anilines is 1. The van der Waals surface area contributed by atoms with Gasteiger partial charge in [0.2, 0.25) is 0 Å². The van der Waals surface area contributed by atoms with Gasteiger partial charge < -0.3 is 10.4 Å². The van der Waals surface area contributed by atoms with E-state index in [1.807, 2.05) is 0 Å². The quantitative estimate of drug-likeness (QED) is 0.793. The molecule has 5 heteroatoms. The molecule has 0 aliphatic heterocycles. The molecule has 0 bridgehead atoms. The van der Waals surface area contributed by atoms with E-state index in [1.54, 1.807) is 24.3 Å². The zero-order chi connectivity index (χ0) is 15.3. The minimum Gasteiger partial charge on any atom is -0.393 e. The van der Waals surface area contributed by atoms with Crippen molar-refractivity contribution in [2.75, 3.05) is 18.1 Å². The third kappa shape index (κ3) is 5.00. The van der Waals surface area contributed by atoms with Crippen molar-refractivity contribution >= 4 is 15.5 Å². The highest BCUT2D eigenvalue weighted by molar-refractivity contribution is 7.90. The van der Waals surface area contributed by atoms with Gasteiger partial charge in [0.15, 0.2) is 9.84 Å². The maximum absolute atomic E-state index is 11.4. The van der Waals surface area contributed by atoms with Crippen LogP contribution in [-0.2, 0) is 9.84 Å². The van der Waals surface area contributed by atoms with Crippen LogP contribution in [0.1, 0.15) is 38.5 Å². The lowest BCUT2D eigenvalue weighted by atomic mass is 9.83. The highest BCUT2D eigenvalue weighted by atomic mass is 32.2. The number of aliphatic hydroxyl groups is 1. The summed E-state index contributed by atoms with van der Waals surface area (Å²) < 4.78 is 22.7. The Kier molecular flexibility index (Phi) is 5.65. The van der Waals surface area contributed by atoms with E-state index in [4.69, 9.17) is 0 Å². The van der Waals surface area contributed by atoms with Gasteiger partial charge in [0, 0.05) is 18.5 Å². The van der Waals surface area contributed by atoms with Gasteiger partial charge in [0.1, 0.15) is 0 Å². The average Bonchev–Trinajstić information content (AvgIpc) is 2.45. The molecule has 2 rings (SSSR count). The summed E-state index contributed by atoms with van der Waals surface area (Å²) in [4.78, 5) is 0.346. The SMILES string of the molecule is CS(=O)(=O)c1ccc(NCCC[C@@H]2CCCC[C@@H]2O)cc1. The van der Waals surface area contributed by atoms with E-state index in [0.717, 1.165) is 44.3 Å². The molecule has 1 aliphatic rings. The molecule has 0 radical (unpaired) electrons. The molecule has 1 aliphatic carbocycles. The molecule has 1 saturated carbocycles. The van der Waals surface area contributed by atoms with Gasteiger partial charge in [-0.1, -0.05) is 12.8 Å². The third-order valence-corrected chi connectivity index (χ3v) is 5.36. The van der Waals surface area contributed by atoms with Gasteiger partial charge in [-0.3, -0.25) is 0 Å². The van der Waals surface area contributed by atoms with Gasteiger partial charge in [-0.05, 0) is 55.9 Å². The van der Waals surface area contributed by atoms with Crippen molar-refractivity contribution in [3.8, 4) is 0 Å². The van der Waals surface area contributed by atoms with E-state index in [1.165, 1.54) is 12.7 Å².